The van der Waals surface area contributed by atoms with E-state index in [2.05, 4.69) is 22.0 Å². The van der Waals surface area contributed by atoms with E-state index in [0.29, 0.717) is 12.2 Å². The fraction of sp³-hybridized carbons (Fsp3) is 0.310. The lowest BCUT2D eigenvalue weighted by Gasteiger charge is -2.30. The van der Waals surface area contributed by atoms with Gasteiger partial charge >= 0.3 is 0 Å². The number of benzene rings is 3. The lowest BCUT2D eigenvalue weighted by atomic mass is 9.97. The Morgan fingerprint density at radius 3 is 2.47 bits per heavy atom. The molecule has 3 aromatic carbocycles. The molecule has 4 aromatic rings. The van der Waals surface area contributed by atoms with Crippen LogP contribution in [0.1, 0.15) is 52.6 Å². The van der Waals surface area contributed by atoms with E-state index in [1.165, 1.54) is 41.9 Å². The first kappa shape index (κ1) is 24.1. The number of amides is 1. The number of carbonyl (C=O) groups is 1. The number of hydrogen-bond acceptors (Lipinski definition) is 3. The SMILES string of the molecule is CN(C(=O)c1cccc(F)c1F)C(Cc1ccccc1CN1CCCCC1)c1nc2ccccc2[nH]1. The molecule has 0 radical (unpaired) electrons. The zero-order valence-corrected chi connectivity index (χ0v) is 20.4. The van der Waals surface area contributed by atoms with Crippen LogP contribution in [0.3, 0.4) is 0 Å². The molecule has 1 fully saturated rings. The first-order chi connectivity index (χ1) is 17.5. The number of likely N-dealkylation sites (N-methyl/N-ethyl adjacent to an activating group) is 1. The van der Waals surface area contributed by atoms with Crippen LogP contribution in [0, 0.1) is 11.6 Å². The van der Waals surface area contributed by atoms with Gasteiger partial charge in [0.15, 0.2) is 11.6 Å². The van der Waals surface area contributed by atoms with Gasteiger partial charge in [-0.2, -0.15) is 0 Å². The molecule has 1 atom stereocenters. The molecule has 0 spiro atoms. The van der Waals surface area contributed by atoms with Crippen molar-refractivity contribution in [1.29, 1.82) is 0 Å². The highest BCUT2D eigenvalue weighted by Crippen LogP contribution is 2.29. The monoisotopic (exact) mass is 488 g/mol. The molecule has 1 amide bonds. The summed E-state index contributed by atoms with van der Waals surface area (Å²) in [5, 5.41) is 0. The molecule has 186 valence electrons. The number of aromatic amines is 1. The summed E-state index contributed by atoms with van der Waals surface area (Å²) in [4.78, 5) is 25.5. The smallest absolute Gasteiger partial charge is 0.257 e. The van der Waals surface area contributed by atoms with E-state index in [9.17, 15) is 13.6 Å². The van der Waals surface area contributed by atoms with Gasteiger partial charge in [-0.15, -0.1) is 0 Å². The standard InChI is InChI=1S/C29H30F2N4O/c1-34(29(36)22-12-9-13-23(30)27(22)31)26(28-32-24-14-5-6-15-25(24)33-28)18-20-10-3-4-11-21(20)19-35-16-7-2-8-17-35/h3-6,9-15,26H,2,7-8,16-19H2,1H3,(H,32,33). The largest absolute Gasteiger partial charge is 0.340 e. The van der Waals surface area contributed by atoms with Crippen molar-refractivity contribution in [2.45, 2.75) is 38.3 Å². The molecular weight excluding hydrogens is 458 g/mol. The zero-order valence-electron chi connectivity index (χ0n) is 20.4. The Hall–Kier alpha value is -3.58. The van der Waals surface area contributed by atoms with Crippen molar-refractivity contribution < 1.29 is 13.6 Å². The minimum Gasteiger partial charge on any atom is -0.340 e. The molecule has 0 saturated carbocycles. The number of nitrogens with zero attached hydrogens (tertiary/aromatic N) is 3. The van der Waals surface area contributed by atoms with Crippen LogP contribution < -0.4 is 0 Å². The maximum Gasteiger partial charge on any atom is 0.257 e. The van der Waals surface area contributed by atoms with Gasteiger partial charge in [0.1, 0.15) is 5.82 Å². The third-order valence-corrected chi connectivity index (χ3v) is 7.07. The van der Waals surface area contributed by atoms with E-state index in [-0.39, 0.29) is 5.56 Å². The lowest BCUT2D eigenvalue weighted by molar-refractivity contribution is 0.0717. The van der Waals surface area contributed by atoms with Crippen LogP contribution >= 0.6 is 0 Å². The number of hydrogen-bond donors (Lipinski definition) is 1. The summed E-state index contributed by atoms with van der Waals surface area (Å²) in [6.45, 7) is 3.01. The van der Waals surface area contributed by atoms with Crippen molar-refractivity contribution in [3.05, 3.63) is 101 Å². The second-order valence-corrected chi connectivity index (χ2v) is 9.48. The minimum atomic E-state index is -1.14. The van der Waals surface area contributed by atoms with Crippen LogP contribution in [0.25, 0.3) is 11.0 Å². The van der Waals surface area contributed by atoms with E-state index < -0.39 is 23.6 Å². The average molecular weight is 489 g/mol. The molecule has 1 aromatic heterocycles. The van der Waals surface area contributed by atoms with E-state index >= 15 is 0 Å². The van der Waals surface area contributed by atoms with E-state index in [4.69, 9.17) is 4.98 Å². The number of halogens is 2. The number of para-hydroxylation sites is 2. The Balaban J connectivity index is 1.50. The Labute approximate surface area is 209 Å². The van der Waals surface area contributed by atoms with Crippen LogP contribution in [0.4, 0.5) is 8.78 Å². The number of fused-ring (bicyclic) bond motifs is 1. The van der Waals surface area contributed by atoms with Crippen molar-refractivity contribution in [3.63, 3.8) is 0 Å². The molecule has 36 heavy (non-hydrogen) atoms. The zero-order chi connectivity index (χ0) is 25.1. The first-order valence-corrected chi connectivity index (χ1v) is 12.5. The van der Waals surface area contributed by atoms with Gasteiger partial charge < -0.3 is 9.88 Å². The van der Waals surface area contributed by atoms with Gasteiger partial charge in [0.2, 0.25) is 0 Å². The summed E-state index contributed by atoms with van der Waals surface area (Å²) in [5.74, 6) is -2.16. The van der Waals surface area contributed by atoms with Crippen LogP contribution in [0.15, 0.2) is 66.7 Å². The Morgan fingerprint density at radius 1 is 0.972 bits per heavy atom. The van der Waals surface area contributed by atoms with Crippen molar-refractivity contribution in [1.82, 2.24) is 19.8 Å². The molecule has 0 aliphatic carbocycles. The van der Waals surface area contributed by atoms with E-state index in [1.54, 1.807) is 7.05 Å². The van der Waals surface area contributed by atoms with Crippen molar-refractivity contribution in [2.24, 2.45) is 0 Å². The number of imidazole rings is 1. The average Bonchev–Trinajstić information content (AvgIpc) is 3.33. The lowest BCUT2D eigenvalue weighted by Crippen LogP contribution is -2.34. The Morgan fingerprint density at radius 2 is 1.69 bits per heavy atom. The van der Waals surface area contributed by atoms with Crippen molar-refractivity contribution in [3.8, 4) is 0 Å². The summed E-state index contributed by atoms with van der Waals surface area (Å²) in [5.41, 5.74) is 3.67. The van der Waals surface area contributed by atoms with Crippen molar-refractivity contribution in [2.75, 3.05) is 20.1 Å². The normalized spacial score (nSPS) is 15.2. The van der Waals surface area contributed by atoms with Gasteiger partial charge in [-0.05, 0) is 61.3 Å². The molecule has 5 nitrogen and oxygen atoms in total. The molecule has 1 saturated heterocycles. The quantitative estimate of drug-likeness (QED) is 0.353. The highest BCUT2D eigenvalue weighted by molar-refractivity contribution is 5.94. The maximum absolute atomic E-state index is 14.5. The van der Waals surface area contributed by atoms with Gasteiger partial charge in [0.25, 0.3) is 5.91 Å². The molecule has 1 unspecified atom stereocenters. The minimum absolute atomic E-state index is 0.291. The number of rotatable bonds is 7. The third kappa shape index (κ3) is 5.02. The fourth-order valence-electron chi connectivity index (χ4n) is 5.03. The number of nitrogens with one attached hydrogen (secondary N) is 1. The van der Waals surface area contributed by atoms with Gasteiger partial charge in [-0.25, -0.2) is 13.8 Å². The predicted molar refractivity (Wildman–Crippen MR) is 137 cm³/mol. The Bertz CT molecular complexity index is 1330. The second kappa shape index (κ2) is 10.6. The predicted octanol–water partition coefficient (Wildman–Crippen LogP) is 5.88. The molecule has 1 N–H and O–H groups in total. The summed E-state index contributed by atoms with van der Waals surface area (Å²) in [6, 6.07) is 19.1. The topological polar surface area (TPSA) is 52.2 Å². The van der Waals surface area contributed by atoms with Gasteiger partial charge in [-0.1, -0.05) is 48.9 Å². The molecule has 0 bridgehead atoms. The summed E-state index contributed by atoms with van der Waals surface area (Å²) >= 11 is 0. The number of piperidine rings is 1. The molecule has 1 aliphatic heterocycles. The van der Waals surface area contributed by atoms with E-state index in [1.807, 2.05) is 36.4 Å². The van der Waals surface area contributed by atoms with Crippen LogP contribution in [0.5, 0.6) is 0 Å². The molecule has 1 aliphatic rings. The number of carbonyl (C=O) groups excluding carboxylic acids is 1. The first-order valence-electron chi connectivity index (χ1n) is 12.5. The summed E-state index contributed by atoms with van der Waals surface area (Å²) in [6.07, 6.45) is 4.18. The molecule has 5 rings (SSSR count). The van der Waals surface area contributed by atoms with E-state index in [0.717, 1.165) is 42.3 Å². The van der Waals surface area contributed by atoms with Gasteiger partial charge in [0, 0.05) is 20.0 Å². The number of aromatic nitrogens is 2. The highest BCUT2D eigenvalue weighted by atomic mass is 19.2. The van der Waals surface area contributed by atoms with Gasteiger partial charge in [-0.3, -0.25) is 9.69 Å². The van der Waals surface area contributed by atoms with Crippen LogP contribution in [-0.4, -0.2) is 45.8 Å². The second-order valence-electron chi connectivity index (χ2n) is 9.48. The fourth-order valence-corrected chi connectivity index (χ4v) is 5.03. The Kier molecular flexibility index (Phi) is 7.09. The highest BCUT2D eigenvalue weighted by Gasteiger charge is 2.29. The van der Waals surface area contributed by atoms with Crippen molar-refractivity contribution >= 4 is 16.9 Å². The summed E-state index contributed by atoms with van der Waals surface area (Å²) < 4.78 is 28.5. The summed E-state index contributed by atoms with van der Waals surface area (Å²) in [7, 11) is 1.62. The molecular formula is C29H30F2N4O. The number of likely N-dealkylation sites (tertiary alicyclic amines) is 1. The maximum atomic E-state index is 14.5. The van der Waals surface area contributed by atoms with Gasteiger partial charge in [0.05, 0.1) is 22.6 Å². The molecule has 7 heteroatoms. The van der Waals surface area contributed by atoms with Crippen LogP contribution in [0.2, 0.25) is 0 Å². The number of H-pyrrole nitrogens is 1. The van der Waals surface area contributed by atoms with Crippen LogP contribution in [-0.2, 0) is 13.0 Å². The molecule has 2 heterocycles. The third-order valence-electron chi connectivity index (χ3n) is 7.07.